The minimum atomic E-state index is 0. The lowest BCUT2D eigenvalue weighted by Crippen LogP contribution is -2.41. The van der Waals surface area contributed by atoms with Gasteiger partial charge in [0.15, 0.2) is 5.96 Å². The second kappa shape index (κ2) is 8.93. The first-order valence-electron chi connectivity index (χ1n) is 7.46. The lowest BCUT2D eigenvalue weighted by molar-refractivity contribution is 0.122. The zero-order valence-corrected chi connectivity index (χ0v) is 16.4. The molecule has 1 aromatic carbocycles. The Hall–Kier alpha value is -0.540. The van der Waals surface area contributed by atoms with Gasteiger partial charge in [0.25, 0.3) is 0 Å². The lowest BCUT2D eigenvalue weighted by Gasteiger charge is -2.31. The number of nitrogens with zero attached hydrogens (tertiary/aromatic N) is 2. The molecule has 1 fully saturated rings. The molecule has 0 amide bonds. The first-order chi connectivity index (χ1) is 10.3. The highest BCUT2D eigenvalue weighted by atomic mass is 127. The van der Waals surface area contributed by atoms with E-state index in [1.165, 1.54) is 11.3 Å². The van der Waals surface area contributed by atoms with Crippen molar-refractivity contribution >= 4 is 51.6 Å². The van der Waals surface area contributed by atoms with E-state index < -0.39 is 0 Å². The molecule has 1 aromatic rings. The van der Waals surface area contributed by atoms with Crippen LogP contribution in [-0.2, 0) is 11.3 Å². The molecule has 2 heterocycles. The average molecular weight is 481 g/mol. The van der Waals surface area contributed by atoms with Gasteiger partial charge in [-0.1, -0.05) is 22.0 Å². The predicted molar refractivity (Wildman–Crippen MR) is 104 cm³/mol. The van der Waals surface area contributed by atoms with E-state index in [0.29, 0.717) is 0 Å². The molecule has 7 heteroatoms. The molecular weight excluding hydrogens is 459 g/mol. The normalized spacial score (nSPS) is 18.0. The number of rotatable bonds is 3. The minimum absolute atomic E-state index is 0. The van der Waals surface area contributed by atoms with E-state index in [4.69, 9.17) is 4.74 Å². The number of halogens is 2. The third kappa shape index (κ3) is 4.73. The molecule has 0 radical (unpaired) electrons. The fourth-order valence-electron chi connectivity index (χ4n) is 2.62. The summed E-state index contributed by atoms with van der Waals surface area (Å²) in [5, 5.41) is 6.70. The number of guanidine groups is 1. The summed E-state index contributed by atoms with van der Waals surface area (Å²) in [6.07, 6.45) is 1.11. The van der Waals surface area contributed by atoms with Crippen LogP contribution >= 0.6 is 39.9 Å². The van der Waals surface area contributed by atoms with Gasteiger partial charge in [0.05, 0.1) is 13.2 Å². The van der Waals surface area contributed by atoms with E-state index in [0.717, 1.165) is 62.8 Å². The molecule has 0 unspecified atom stereocenters. The first-order valence-corrected chi connectivity index (χ1v) is 8.25. The Morgan fingerprint density at radius 2 is 2.14 bits per heavy atom. The number of nitrogens with one attached hydrogen (secondary N) is 2. The van der Waals surface area contributed by atoms with Crippen LogP contribution in [0.2, 0.25) is 0 Å². The van der Waals surface area contributed by atoms with Crippen molar-refractivity contribution in [3.8, 4) is 0 Å². The number of aliphatic imine (C=N–C) groups is 1. The van der Waals surface area contributed by atoms with Crippen molar-refractivity contribution in [3.05, 3.63) is 28.2 Å². The molecule has 2 aliphatic rings. The summed E-state index contributed by atoms with van der Waals surface area (Å²) in [7, 11) is 0. The summed E-state index contributed by atoms with van der Waals surface area (Å²) >= 11 is 3.58. The SMILES string of the molecule is Brc1ccc(CNC2=NCCCN2)c(N2CCOCC2)c1.I. The number of hydrogen-bond acceptors (Lipinski definition) is 5. The molecule has 1 saturated heterocycles. The lowest BCUT2D eigenvalue weighted by atomic mass is 10.1. The molecule has 0 saturated carbocycles. The van der Waals surface area contributed by atoms with Crippen LogP contribution in [0.25, 0.3) is 0 Å². The summed E-state index contributed by atoms with van der Waals surface area (Å²) in [5.74, 6) is 0.914. The standard InChI is InChI=1S/C15H21BrN4O.HI/c16-13-3-2-12(11-19-15-17-4-1-5-18-15)14(10-13)20-6-8-21-9-7-20;/h2-3,10H,1,4-9,11H2,(H2,17,18,19);1H. The monoisotopic (exact) mass is 480 g/mol. The zero-order chi connectivity index (χ0) is 14.5. The molecule has 0 aliphatic carbocycles. The van der Waals surface area contributed by atoms with Crippen molar-refractivity contribution in [1.82, 2.24) is 10.6 Å². The quantitative estimate of drug-likeness (QED) is 0.652. The van der Waals surface area contributed by atoms with Crippen molar-refractivity contribution in [3.63, 3.8) is 0 Å². The van der Waals surface area contributed by atoms with Crippen molar-refractivity contribution in [1.29, 1.82) is 0 Å². The Kier molecular flexibility index (Phi) is 7.23. The van der Waals surface area contributed by atoms with Gasteiger partial charge in [0.2, 0.25) is 0 Å². The number of hydrogen-bond donors (Lipinski definition) is 2. The van der Waals surface area contributed by atoms with E-state index in [-0.39, 0.29) is 24.0 Å². The number of benzene rings is 1. The minimum Gasteiger partial charge on any atom is -0.378 e. The predicted octanol–water partition coefficient (Wildman–Crippen LogP) is 2.34. The molecule has 0 spiro atoms. The van der Waals surface area contributed by atoms with Crippen LogP contribution < -0.4 is 15.5 Å². The van der Waals surface area contributed by atoms with Gasteiger partial charge in [-0.2, -0.15) is 0 Å². The second-order valence-electron chi connectivity index (χ2n) is 5.24. The van der Waals surface area contributed by atoms with Gasteiger partial charge in [-0.15, -0.1) is 24.0 Å². The van der Waals surface area contributed by atoms with E-state index in [9.17, 15) is 0 Å². The van der Waals surface area contributed by atoms with Crippen LogP contribution in [0, 0.1) is 0 Å². The van der Waals surface area contributed by atoms with Gasteiger partial charge in [-0.3, -0.25) is 4.99 Å². The second-order valence-corrected chi connectivity index (χ2v) is 6.15. The average Bonchev–Trinajstić information content (AvgIpc) is 2.55. The van der Waals surface area contributed by atoms with E-state index >= 15 is 0 Å². The Morgan fingerprint density at radius 1 is 1.32 bits per heavy atom. The fraction of sp³-hybridized carbons (Fsp3) is 0.533. The van der Waals surface area contributed by atoms with Gasteiger partial charge in [0, 0.05) is 42.9 Å². The van der Waals surface area contributed by atoms with Gasteiger partial charge in [-0.25, -0.2) is 0 Å². The maximum absolute atomic E-state index is 5.45. The Bertz CT molecular complexity index is 520. The third-order valence-electron chi connectivity index (χ3n) is 3.74. The largest absolute Gasteiger partial charge is 0.378 e. The van der Waals surface area contributed by atoms with Crippen LogP contribution in [0.15, 0.2) is 27.7 Å². The number of ether oxygens (including phenoxy) is 1. The number of anilines is 1. The van der Waals surface area contributed by atoms with Crippen LogP contribution in [0.1, 0.15) is 12.0 Å². The smallest absolute Gasteiger partial charge is 0.191 e. The highest BCUT2D eigenvalue weighted by Crippen LogP contribution is 2.26. The van der Waals surface area contributed by atoms with Crippen LogP contribution in [0.5, 0.6) is 0 Å². The van der Waals surface area contributed by atoms with Crippen molar-refractivity contribution in [2.75, 3.05) is 44.3 Å². The molecular formula is C15H22BrIN4O. The maximum Gasteiger partial charge on any atom is 0.191 e. The van der Waals surface area contributed by atoms with Gasteiger partial charge in [-0.05, 0) is 24.1 Å². The van der Waals surface area contributed by atoms with Crippen LogP contribution in [-0.4, -0.2) is 45.4 Å². The van der Waals surface area contributed by atoms with Gasteiger partial charge in [0.1, 0.15) is 0 Å². The summed E-state index contributed by atoms with van der Waals surface area (Å²) in [6, 6.07) is 6.46. The highest BCUT2D eigenvalue weighted by molar-refractivity contribution is 14.0. The van der Waals surface area contributed by atoms with Gasteiger partial charge >= 0.3 is 0 Å². The molecule has 22 heavy (non-hydrogen) atoms. The zero-order valence-electron chi connectivity index (χ0n) is 12.5. The topological polar surface area (TPSA) is 48.9 Å². The summed E-state index contributed by atoms with van der Waals surface area (Å²) in [6.45, 7) is 6.19. The van der Waals surface area contributed by atoms with Crippen molar-refractivity contribution in [2.45, 2.75) is 13.0 Å². The third-order valence-corrected chi connectivity index (χ3v) is 4.24. The molecule has 5 nitrogen and oxygen atoms in total. The summed E-state index contributed by atoms with van der Waals surface area (Å²) in [5.41, 5.74) is 2.56. The number of morpholine rings is 1. The Labute approximate surface area is 157 Å². The summed E-state index contributed by atoms with van der Waals surface area (Å²) < 4.78 is 6.56. The molecule has 2 aliphatic heterocycles. The Morgan fingerprint density at radius 3 is 2.86 bits per heavy atom. The molecule has 3 rings (SSSR count). The van der Waals surface area contributed by atoms with Gasteiger partial charge < -0.3 is 20.3 Å². The van der Waals surface area contributed by atoms with E-state index in [1.807, 2.05) is 0 Å². The highest BCUT2D eigenvalue weighted by Gasteiger charge is 2.15. The van der Waals surface area contributed by atoms with Crippen LogP contribution in [0.3, 0.4) is 0 Å². The van der Waals surface area contributed by atoms with Crippen molar-refractivity contribution in [2.24, 2.45) is 4.99 Å². The van der Waals surface area contributed by atoms with Crippen molar-refractivity contribution < 1.29 is 4.74 Å². The molecule has 2 N–H and O–H groups in total. The van der Waals surface area contributed by atoms with E-state index in [1.54, 1.807) is 0 Å². The van der Waals surface area contributed by atoms with Crippen LogP contribution in [0.4, 0.5) is 5.69 Å². The fourth-order valence-corrected chi connectivity index (χ4v) is 2.96. The Balaban J connectivity index is 0.00000176. The molecule has 122 valence electrons. The molecule has 0 atom stereocenters. The summed E-state index contributed by atoms with van der Waals surface area (Å²) in [4.78, 5) is 6.85. The van der Waals surface area contributed by atoms with E-state index in [2.05, 4.69) is 54.7 Å². The molecule has 0 aromatic heterocycles. The first kappa shape index (κ1) is 17.8. The molecule has 0 bridgehead atoms. The maximum atomic E-state index is 5.45.